The lowest BCUT2D eigenvalue weighted by molar-refractivity contribution is 0.276. The first-order chi connectivity index (χ1) is 45.1. The predicted octanol–water partition coefficient (Wildman–Crippen LogP) is 8.27. The number of hydrogen-bond acceptors (Lipinski definition) is 16. The van der Waals surface area contributed by atoms with Crippen molar-refractivity contribution in [3.05, 3.63) is 273 Å². The van der Waals surface area contributed by atoms with E-state index in [2.05, 4.69) is 0 Å². The van der Waals surface area contributed by atoms with Gasteiger partial charge in [0.1, 0.15) is 75.9 Å². The van der Waals surface area contributed by atoms with Gasteiger partial charge in [-0.2, -0.15) is 0 Å². The van der Waals surface area contributed by atoms with Crippen LogP contribution in [-0.2, 0) is 13.2 Å². The quantitative estimate of drug-likeness (QED) is 0.0303. The van der Waals surface area contributed by atoms with Crippen LogP contribution in [0.2, 0.25) is 5.02 Å². The van der Waals surface area contributed by atoms with E-state index in [0.717, 1.165) is 57.6 Å². The highest BCUT2D eigenvalue weighted by atomic mass is 35.5. The zero-order chi connectivity index (χ0) is 69.6. The van der Waals surface area contributed by atoms with Gasteiger partial charge in [-0.25, -0.2) is 22.0 Å². The van der Waals surface area contributed by atoms with Gasteiger partial charge in [-0.3, -0.25) is 0 Å². The molecule has 0 spiro atoms. The molecule has 27 heteroatoms. The molecule has 16 nitrogen and oxygen atoms in total. The van der Waals surface area contributed by atoms with Crippen LogP contribution < -0.4 is 51.0 Å². The Morgan fingerprint density at radius 3 is 1.17 bits per heavy atom. The van der Waals surface area contributed by atoms with Crippen molar-refractivity contribution >= 4 is 74.5 Å². The summed E-state index contributed by atoms with van der Waals surface area (Å²) in [6.45, 7) is 11.2. The Labute approximate surface area is 552 Å². The maximum atomic E-state index is 13.6. The molecule has 10 aromatic rings. The van der Waals surface area contributed by atoms with Crippen LogP contribution in [0.5, 0.6) is 51.7 Å². The van der Waals surface area contributed by atoms with Gasteiger partial charge in [0.15, 0.2) is 11.6 Å². The molecule has 490 valence electrons. The molecule has 10 aromatic carbocycles. The summed E-state index contributed by atoms with van der Waals surface area (Å²) in [5.74, 6) is 0.571. The molecule has 0 saturated heterocycles. The predicted molar refractivity (Wildman–Crippen MR) is 357 cm³/mol. The topological polar surface area (TPSA) is 269 Å². The first-order valence-corrected chi connectivity index (χ1v) is 29.2. The maximum Gasteiger partial charge on any atom is 0.491 e. The van der Waals surface area contributed by atoms with Crippen molar-refractivity contribution < 1.29 is 101 Å². The van der Waals surface area contributed by atoms with Crippen molar-refractivity contribution in [1.82, 2.24) is 0 Å². The molecule has 0 aliphatic heterocycles. The highest BCUT2D eigenvalue weighted by Crippen LogP contribution is 2.29. The maximum absolute atomic E-state index is 13.6. The second-order valence-electron chi connectivity index (χ2n) is 21.2. The molecule has 0 radical (unpaired) electrons. The molecule has 0 aromatic heterocycles. The van der Waals surface area contributed by atoms with Crippen molar-refractivity contribution in [2.75, 3.05) is 0 Å². The second-order valence-corrected chi connectivity index (χ2v) is 21.6. The molecule has 95 heavy (non-hydrogen) atoms. The van der Waals surface area contributed by atoms with Crippen molar-refractivity contribution in [2.45, 2.75) is 54.8 Å². The summed E-state index contributed by atoms with van der Waals surface area (Å²) < 4.78 is 94.7. The first kappa shape index (κ1) is 75.1. The molecule has 0 amide bonds. The molecule has 0 atom stereocenters. The molecule has 11 N–H and O–H groups in total. The van der Waals surface area contributed by atoms with Crippen LogP contribution in [0.15, 0.2) is 194 Å². The minimum absolute atomic E-state index is 0.00335. The van der Waals surface area contributed by atoms with Gasteiger partial charge in [0, 0.05) is 45.2 Å². The van der Waals surface area contributed by atoms with Gasteiger partial charge in [-0.05, 0) is 188 Å². The second kappa shape index (κ2) is 36.1. The number of aliphatic hydroxyl groups is 1. The van der Waals surface area contributed by atoms with E-state index in [4.69, 9.17) is 85.5 Å². The average molecular weight is 1320 g/mol. The van der Waals surface area contributed by atoms with Crippen LogP contribution in [0.3, 0.4) is 0 Å². The lowest BCUT2D eigenvalue weighted by atomic mass is 9.79. The summed E-state index contributed by atoms with van der Waals surface area (Å²) in [5.41, 5.74) is 6.80. The van der Waals surface area contributed by atoms with Crippen molar-refractivity contribution in [3.63, 3.8) is 0 Å². The summed E-state index contributed by atoms with van der Waals surface area (Å²) in [5, 5.41) is 99.4. The summed E-state index contributed by atoms with van der Waals surface area (Å²) in [7, 11) is -8.77. The van der Waals surface area contributed by atoms with E-state index in [1.807, 2.05) is 89.2 Å². The molecule has 0 bridgehead atoms. The van der Waals surface area contributed by atoms with Crippen LogP contribution in [-0.4, -0.2) is 90.9 Å². The lowest BCUT2D eigenvalue weighted by Crippen LogP contribution is -2.32. The molecule has 0 aliphatic rings. The summed E-state index contributed by atoms with van der Waals surface area (Å²) in [4.78, 5) is 0. The number of ether oxygens (including phenoxy) is 5. The standard InChI is InChI=1S/C14H13BF2O3.C14H14BFO3.C14H15BO4.C13H11BClFO3.C13H12BFO3/c1-9-6-10(2-4-12(9)16)8-20-14-5-3-11(15(18)19)7-13(14)17;1-9-3-4-11(7-10(9)2)19-12-5-6-13(15(17)18)14(16)8-12;1-10-3-2-4-13(7-10)19-14-6-5-12(15(17)18)8-11(14)9-16;1-8-2-3-9(6-12(8)15)19-10-4-5-11(14(17)18)13(16)7-10;1-9-3-2-4-10(7-9)18-11-5-6-12(14(16)17)13(15)8-11/h2-7,18-19H,8H2,1H3;3-8,17-18H,1-2H3;2-8,16-18H,9H2,1H3;2-7,17-18H,1H3;2-8,16-17H,1H3. The fourth-order valence-corrected chi connectivity index (χ4v) is 8.56. The Hall–Kier alpha value is -8.98. The van der Waals surface area contributed by atoms with Crippen LogP contribution in [0.1, 0.15) is 44.5 Å². The van der Waals surface area contributed by atoms with Gasteiger partial charge in [-0.1, -0.05) is 90.5 Å². The van der Waals surface area contributed by atoms with E-state index in [1.54, 1.807) is 61.5 Å². The van der Waals surface area contributed by atoms with Gasteiger partial charge >= 0.3 is 35.6 Å². The minimum atomic E-state index is -1.84. The molecular formula is C68H65B5ClF5O16. The fraction of sp³-hybridized carbons (Fsp3) is 0.118. The third-order valence-corrected chi connectivity index (χ3v) is 14.1. The number of halogens is 6. The first-order valence-electron chi connectivity index (χ1n) is 28.9. The fourth-order valence-electron chi connectivity index (χ4n) is 8.39. The van der Waals surface area contributed by atoms with Gasteiger partial charge in [-0.15, -0.1) is 0 Å². The van der Waals surface area contributed by atoms with Crippen LogP contribution in [0.25, 0.3) is 0 Å². The van der Waals surface area contributed by atoms with Gasteiger partial charge < -0.3 is 79.0 Å². The average Bonchev–Trinajstić information content (AvgIpc) is 0.932. The van der Waals surface area contributed by atoms with E-state index in [1.165, 1.54) is 60.7 Å². The normalized spacial score (nSPS) is 10.3. The molecule has 0 unspecified atom stereocenters. The number of benzene rings is 10. The Morgan fingerprint density at radius 1 is 0.337 bits per heavy atom. The van der Waals surface area contributed by atoms with Crippen molar-refractivity contribution in [2.24, 2.45) is 0 Å². The minimum Gasteiger partial charge on any atom is -0.486 e. The zero-order valence-electron chi connectivity index (χ0n) is 52.0. The molecular weight excluding hydrogens is 1260 g/mol. The summed E-state index contributed by atoms with van der Waals surface area (Å²) in [6, 6.07) is 50.1. The van der Waals surface area contributed by atoms with Gasteiger partial charge in [0.25, 0.3) is 0 Å². The third kappa shape index (κ3) is 23.5. The number of hydrogen-bond donors (Lipinski definition) is 11. The lowest BCUT2D eigenvalue weighted by Gasteiger charge is -2.11. The Morgan fingerprint density at radius 2 is 0.758 bits per heavy atom. The summed E-state index contributed by atoms with van der Waals surface area (Å²) >= 11 is 5.96. The van der Waals surface area contributed by atoms with E-state index < -0.39 is 58.9 Å². The number of rotatable bonds is 17. The molecule has 0 fully saturated rings. The van der Waals surface area contributed by atoms with Crippen LogP contribution in [0, 0.1) is 70.6 Å². The monoisotopic (exact) mass is 1320 g/mol. The van der Waals surface area contributed by atoms with Gasteiger partial charge in [0.2, 0.25) is 0 Å². The Bertz CT molecular complexity index is 4070. The van der Waals surface area contributed by atoms with E-state index >= 15 is 0 Å². The van der Waals surface area contributed by atoms with E-state index in [-0.39, 0.29) is 52.4 Å². The van der Waals surface area contributed by atoms with Crippen LogP contribution >= 0.6 is 11.6 Å². The number of aryl methyl sites for hydroxylation is 6. The van der Waals surface area contributed by atoms with Gasteiger partial charge in [0.05, 0.1) is 6.61 Å². The Kier molecular flexibility index (Phi) is 28.5. The largest absolute Gasteiger partial charge is 0.491 e. The molecule has 0 saturated carbocycles. The molecule has 0 heterocycles. The SMILES string of the molecule is Cc1cc(COc2ccc(B(O)O)cc2F)ccc1F.Cc1ccc(Oc2ccc(B(O)O)c(F)c2)cc1C.Cc1ccc(Oc2ccc(B(O)O)c(F)c2)cc1Cl.Cc1cccc(Oc2ccc(B(O)O)c(F)c2)c1.Cc1cccc(Oc2ccc(B(O)O)cc2CO)c1. The summed E-state index contributed by atoms with van der Waals surface area (Å²) in [6.07, 6.45) is 0. The number of aliphatic hydroxyl groups excluding tert-OH is 1. The zero-order valence-corrected chi connectivity index (χ0v) is 52.8. The molecule has 10 rings (SSSR count). The Balaban J connectivity index is 0.000000188. The van der Waals surface area contributed by atoms with Crippen molar-refractivity contribution in [3.8, 4) is 51.7 Å². The van der Waals surface area contributed by atoms with E-state index in [9.17, 15) is 27.1 Å². The third-order valence-electron chi connectivity index (χ3n) is 13.7. The van der Waals surface area contributed by atoms with Crippen molar-refractivity contribution in [1.29, 1.82) is 0 Å². The van der Waals surface area contributed by atoms with E-state index in [0.29, 0.717) is 61.9 Å². The highest BCUT2D eigenvalue weighted by molar-refractivity contribution is 6.60. The molecule has 0 aliphatic carbocycles. The van der Waals surface area contributed by atoms with Crippen LogP contribution in [0.4, 0.5) is 22.0 Å². The smallest absolute Gasteiger partial charge is 0.486 e. The highest BCUT2D eigenvalue weighted by Gasteiger charge is 2.21.